The van der Waals surface area contributed by atoms with E-state index in [2.05, 4.69) is 53.6 Å². The first-order valence-electron chi connectivity index (χ1n) is 11.0. The zero-order chi connectivity index (χ0) is 23.3. The summed E-state index contributed by atoms with van der Waals surface area (Å²) in [6, 6.07) is 12.3. The maximum Gasteiger partial charge on any atom is 0.234 e. The Morgan fingerprint density at radius 3 is 2.34 bits per heavy atom. The summed E-state index contributed by atoms with van der Waals surface area (Å²) in [5, 5.41) is 12.4. The molecule has 3 aromatic rings. The molecule has 0 saturated carbocycles. The molecule has 1 amide bonds. The third-order valence-corrected chi connectivity index (χ3v) is 6.31. The number of hydrogen-bond donors (Lipinski definition) is 1. The number of benzene rings is 2. The van der Waals surface area contributed by atoms with Crippen molar-refractivity contribution in [2.45, 2.75) is 65.8 Å². The molecule has 0 radical (unpaired) electrons. The standard InChI is InChI=1S/C25H32N4O2S/c1-7-20-9-11-21(12-10-20)31-19(6)24-27-28-25(29(24)8-2)32-15-22(30)26-23-17(4)13-16(3)14-18(23)5/h9-14,19H,7-8,15H2,1-6H3,(H,26,30)/t19-/m0/s1. The Labute approximate surface area is 194 Å². The maximum atomic E-state index is 12.6. The van der Waals surface area contributed by atoms with E-state index in [-0.39, 0.29) is 17.8 Å². The lowest BCUT2D eigenvalue weighted by Crippen LogP contribution is -2.17. The van der Waals surface area contributed by atoms with Crippen molar-refractivity contribution >= 4 is 23.4 Å². The molecular weight excluding hydrogens is 420 g/mol. The van der Waals surface area contributed by atoms with E-state index in [1.165, 1.54) is 22.9 Å². The van der Waals surface area contributed by atoms with Crippen molar-refractivity contribution in [3.63, 3.8) is 0 Å². The number of carbonyl (C=O) groups excluding carboxylic acids is 1. The molecule has 1 aromatic heterocycles. The molecule has 0 spiro atoms. The van der Waals surface area contributed by atoms with E-state index in [0.29, 0.717) is 11.7 Å². The molecule has 0 aliphatic rings. The molecule has 1 heterocycles. The Balaban J connectivity index is 1.64. The van der Waals surface area contributed by atoms with Gasteiger partial charge in [0, 0.05) is 12.2 Å². The van der Waals surface area contributed by atoms with E-state index in [4.69, 9.17) is 4.74 Å². The van der Waals surface area contributed by atoms with Crippen LogP contribution in [0.1, 0.15) is 55.0 Å². The van der Waals surface area contributed by atoms with Gasteiger partial charge >= 0.3 is 0 Å². The number of thioether (sulfide) groups is 1. The monoisotopic (exact) mass is 452 g/mol. The Bertz CT molecular complexity index is 1050. The number of carbonyl (C=O) groups is 1. The summed E-state index contributed by atoms with van der Waals surface area (Å²) in [5.41, 5.74) is 5.48. The van der Waals surface area contributed by atoms with E-state index >= 15 is 0 Å². The second-order valence-electron chi connectivity index (χ2n) is 7.95. The Morgan fingerprint density at radius 2 is 1.75 bits per heavy atom. The van der Waals surface area contributed by atoms with Crippen molar-refractivity contribution in [3.8, 4) is 5.75 Å². The van der Waals surface area contributed by atoms with Gasteiger partial charge in [-0.05, 0) is 69.9 Å². The Morgan fingerprint density at radius 1 is 1.09 bits per heavy atom. The van der Waals surface area contributed by atoms with Crippen LogP contribution < -0.4 is 10.1 Å². The summed E-state index contributed by atoms with van der Waals surface area (Å²) in [7, 11) is 0. The highest BCUT2D eigenvalue weighted by atomic mass is 32.2. The largest absolute Gasteiger partial charge is 0.483 e. The Kier molecular flexibility index (Phi) is 7.96. The molecule has 0 saturated heterocycles. The number of ether oxygens (including phenoxy) is 1. The van der Waals surface area contributed by atoms with Gasteiger partial charge in [0.1, 0.15) is 5.75 Å². The number of hydrogen-bond acceptors (Lipinski definition) is 5. The number of amides is 1. The van der Waals surface area contributed by atoms with Crippen molar-refractivity contribution in [2.75, 3.05) is 11.1 Å². The second kappa shape index (κ2) is 10.7. The van der Waals surface area contributed by atoms with Gasteiger partial charge in [-0.1, -0.05) is 48.5 Å². The third kappa shape index (κ3) is 5.71. The smallest absolute Gasteiger partial charge is 0.234 e. The van der Waals surface area contributed by atoms with Crippen LogP contribution >= 0.6 is 11.8 Å². The first-order chi connectivity index (χ1) is 15.3. The minimum Gasteiger partial charge on any atom is -0.483 e. The fraction of sp³-hybridized carbons (Fsp3) is 0.400. The van der Waals surface area contributed by atoms with Crippen LogP contribution in [0.2, 0.25) is 0 Å². The van der Waals surface area contributed by atoms with E-state index in [9.17, 15) is 4.79 Å². The number of anilines is 1. The molecule has 0 aliphatic carbocycles. The molecule has 1 atom stereocenters. The van der Waals surface area contributed by atoms with Crippen LogP contribution in [0.15, 0.2) is 41.6 Å². The molecule has 6 nitrogen and oxygen atoms in total. The molecule has 32 heavy (non-hydrogen) atoms. The topological polar surface area (TPSA) is 69.0 Å². The van der Waals surface area contributed by atoms with Crippen LogP contribution in [-0.4, -0.2) is 26.4 Å². The molecule has 3 rings (SSSR count). The van der Waals surface area contributed by atoms with Gasteiger partial charge in [-0.25, -0.2) is 0 Å². The zero-order valence-electron chi connectivity index (χ0n) is 19.7. The van der Waals surface area contributed by atoms with Gasteiger partial charge in [-0.3, -0.25) is 4.79 Å². The number of nitrogens with zero attached hydrogens (tertiary/aromatic N) is 3. The predicted molar refractivity (Wildman–Crippen MR) is 131 cm³/mol. The van der Waals surface area contributed by atoms with E-state index < -0.39 is 0 Å². The SMILES string of the molecule is CCc1ccc(O[C@@H](C)c2nnc(SCC(=O)Nc3c(C)cc(C)cc3C)n2CC)cc1. The van der Waals surface area contributed by atoms with Gasteiger partial charge in [-0.15, -0.1) is 10.2 Å². The van der Waals surface area contributed by atoms with Gasteiger partial charge in [-0.2, -0.15) is 0 Å². The molecule has 1 N–H and O–H groups in total. The highest BCUT2D eigenvalue weighted by molar-refractivity contribution is 7.99. The van der Waals surface area contributed by atoms with Crippen LogP contribution in [0.4, 0.5) is 5.69 Å². The average Bonchev–Trinajstić information content (AvgIpc) is 3.18. The highest BCUT2D eigenvalue weighted by Gasteiger charge is 2.20. The van der Waals surface area contributed by atoms with Crippen LogP contribution in [0, 0.1) is 20.8 Å². The van der Waals surface area contributed by atoms with E-state index in [1.54, 1.807) is 0 Å². The van der Waals surface area contributed by atoms with Gasteiger partial charge in [0.05, 0.1) is 5.75 Å². The van der Waals surface area contributed by atoms with Crippen molar-refractivity contribution in [3.05, 3.63) is 64.5 Å². The summed E-state index contributed by atoms with van der Waals surface area (Å²) in [5.74, 6) is 1.76. The summed E-state index contributed by atoms with van der Waals surface area (Å²) < 4.78 is 8.09. The molecular formula is C25H32N4O2S. The minimum absolute atomic E-state index is 0.0578. The van der Waals surface area contributed by atoms with Gasteiger partial charge in [0.2, 0.25) is 5.91 Å². The van der Waals surface area contributed by atoms with Crippen molar-refractivity contribution < 1.29 is 9.53 Å². The van der Waals surface area contributed by atoms with Crippen LogP contribution in [0.25, 0.3) is 0 Å². The fourth-order valence-electron chi connectivity index (χ4n) is 3.75. The minimum atomic E-state index is -0.254. The maximum absolute atomic E-state index is 12.6. The fourth-order valence-corrected chi connectivity index (χ4v) is 4.56. The van der Waals surface area contributed by atoms with E-state index in [1.807, 2.05) is 44.4 Å². The number of aromatic nitrogens is 3. The quantitative estimate of drug-likeness (QED) is 0.425. The normalized spacial score (nSPS) is 11.9. The first kappa shape index (κ1) is 23.9. The summed E-state index contributed by atoms with van der Waals surface area (Å²) in [6.45, 7) is 12.9. The van der Waals surface area contributed by atoms with Crippen molar-refractivity contribution in [1.82, 2.24) is 14.8 Å². The zero-order valence-corrected chi connectivity index (χ0v) is 20.5. The molecule has 0 unspecified atom stereocenters. The summed E-state index contributed by atoms with van der Waals surface area (Å²) in [6.07, 6.45) is 0.743. The van der Waals surface area contributed by atoms with Gasteiger partial charge in [0.15, 0.2) is 17.1 Å². The van der Waals surface area contributed by atoms with Gasteiger partial charge < -0.3 is 14.6 Å². The van der Waals surface area contributed by atoms with E-state index in [0.717, 1.165) is 34.8 Å². The highest BCUT2D eigenvalue weighted by Crippen LogP contribution is 2.26. The lowest BCUT2D eigenvalue weighted by molar-refractivity contribution is -0.113. The molecule has 0 bridgehead atoms. The molecule has 170 valence electrons. The van der Waals surface area contributed by atoms with Crippen LogP contribution in [0.3, 0.4) is 0 Å². The second-order valence-corrected chi connectivity index (χ2v) is 8.90. The third-order valence-electron chi connectivity index (χ3n) is 5.34. The summed E-state index contributed by atoms with van der Waals surface area (Å²) >= 11 is 1.39. The Hall–Kier alpha value is -2.80. The van der Waals surface area contributed by atoms with Crippen LogP contribution in [-0.2, 0) is 17.8 Å². The molecule has 0 fully saturated rings. The van der Waals surface area contributed by atoms with Gasteiger partial charge in [0.25, 0.3) is 0 Å². The first-order valence-corrected chi connectivity index (χ1v) is 12.0. The lowest BCUT2D eigenvalue weighted by Gasteiger charge is -2.16. The summed E-state index contributed by atoms with van der Waals surface area (Å²) in [4.78, 5) is 12.6. The lowest BCUT2D eigenvalue weighted by atomic mass is 10.1. The molecule has 0 aliphatic heterocycles. The molecule has 7 heteroatoms. The number of aryl methyl sites for hydroxylation is 4. The van der Waals surface area contributed by atoms with Crippen molar-refractivity contribution in [1.29, 1.82) is 0 Å². The number of nitrogens with one attached hydrogen (secondary N) is 1. The predicted octanol–water partition coefficient (Wildman–Crippen LogP) is 5.66. The van der Waals surface area contributed by atoms with Crippen molar-refractivity contribution in [2.24, 2.45) is 0 Å². The van der Waals surface area contributed by atoms with Crippen LogP contribution in [0.5, 0.6) is 5.75 Å². The molecule has 2 aromatic carbocycles. The average molecular weight is 453 g/mol. The number of rotatable bonds is 9.